The topological polar surface area (TPSA) is 49.9 Å². The van der Waals surface area contributed by atoms with E-state index in [1.54, 1.807) is 0 Å². The number of H-pyrrole nitrogens is 1. The smallest absolute Gasteiger partial charge is 0.256 e. The number of pyridine rings is 1. The molecule has 0 aliphatic rings. The van der Waals surface area contributed by atoms with Gasteiger partial charge in [-0.1, -0.05) is 30.3 Å². The second-order valence-electron chi connectivity index (χ2n) is 5.21. The van der Waals surface area contributed by atoms with Crippen LogP contribution in [0.3, 0.4) is 0 Å². The fourth-order valence-electron chi connectivity index (χ4n) is 2.58. The predicted octanol–water partition coefficient (Wildman–Crippen LogP) is 3.71. The predicted molar refractivity (Wildman–Crippen MR) is 84.7 cm³/mol. The van der Waals surface area contributed by atoms with Crippen LogP contribution in [0.1, 0.15) is 22.8 Å². The van der Waals surface area contributed by atoms with Crippen LogP contribution < -0.4 is 5.56 Å². The molecule has 3 nitrogen and oxygen atoms in total. The Morgan fingerprint density at radius 1 is 1.00 bits per heavy atom. The van der Waals surface area contributed by atoms with Gasteiger partial charge in [0.1, 0.15) is 0 Å². The van der Waals surface area contributed by atoms with Crippen LogP contribution in [0.15, 0.2) is 53.3 Å². The van der Waals surface area contributed by atoms with Crippen LogP contribution in [0.5, 0.6) is 0 Å². The molecule has 0 unspecified atom stereocenters. The van der Waals surface area contributed by atoms with E-state index in [4.69, 9.17) is 0 Å². The second kappa shape index (κ2) is 5.02. The first kappa shape index (κ1) is 13.3. The van der Waals surface area contributed by atoms with Crippen LogP contribution in [0.25, 0.3) is 22.0 Å². The molecule has 0 spiro atoms. The summed E-state index contributed by atoms with van der Waals surface area (Å²) in [4.78, 5) is 27.1. The quantitative estimate of drug-likeness (QED) is 0.726. The highest BCUT2D eigenvalue weighted by molar-refractivity contribution is 6.07. The number of fused-ring (bicyclic) bond motifs is 1. The average Bonchev–Trinajstić information content (AvgIpc) is 2.48. The summed E-state index contributed by atoms with van der Waals surface area (Å²) in [6.45, 7) is 3.41. The molecule has 1 aromatic heterocycles. The molecule has 2 aromatic carbocycles. The van der Waals surface area contributed by atoms with Gasteiger partial charge in [0, 0.05) is 22.0 Å². The van der Waals surface area contributed by atoms with Gasteiger partial charge in [0.15, 0.2) is 5.78 Å². The molecule has 0 bridgehead atoms. The Bertz CT molecular complexity index is 892. The Morgan fingerprint density at radius 2 is 1.71 bits per heavy atom. The highest BCUT2D eigenvalue weighted by atomic mass is 16.1. The number of carbonyl (C=O) groups excluding carboxylic acids is 1. The fourth-order valence-corrected chi connectivity index (χ4v) is 2.58. The van der Waals surface area contributed by atoms with Crippen LogP contribution in [-0.2, 0) is 0 Å². The third kappa shape index (κ3) is 2.38. The SMILES string of the molecule is CC(=O)c1cc(C)cc2c(=O)[nH]c(-c3ccccc3)cc12. The van der Waals surface area contributed by atoms with Crippen molar-refractivity contribution in [3.63, 3.8) is 0 Å². The monoisotopic (exact) mass is 277 g/mol. The number of carbonyl (C=O) groups is 1. The Kier molecular flexibility index (Phi) is 3.18. The summed E-state index contributed by atoms with van der Waals surface area (Å²) in [5.41, 5.74) is 2.97. The van der Waals surface area contributed by atoms with E-state index < -0.39 is 0 Å². The molecule has 0 fully saturated rings. The van der Waals surface area contributed by atoms with E-state index in [1.165, 1.54) is 6.92 Å². The normalized spacial score (nSPS) is 10.8. The van der Waals surface area contributed by atoms with Crippen molar-refractivity contribution < 1.29 is 4.79 Å². The third-order valence-corrected chi connectivity index (χ3v) is 3.57. The lowest BCUT2D eigenvalue weighted by Gasteiger charge is -2.08. The van der Waals surface area contributed by atoms with Crippen LogP contribution in [-0.4, -0.2) is 10.8 Å². The molecule has 0 radical (unpaired) electrons. The summed E-state index contributed by atoms with van der Waals surface area (Å²) in [6.07, 6.45) is 0. The van der Waals surface area contributed by atoms with Crippen molar-refractivity contribution in [3.8, 4) is 11.3 Å². The standard InChI is InChI=1S/C18H15NO2/c1-11-8-14(12(2)20)15-10-17(13-6-4-3-5-7-13)19-18(21)16(15)9-11/h3-10H,1-2H3,(H,19,21). The van der Waals surface area contributed by atoms with Gasteiger partial charge in [-0.05, 0) is 43.2 Å². The van der Waals surface area contributed by atoms with Gasteiger partial charge in [0.2, 0.25) is 0 Å². The van der Waals surface area contributed by atoms with Crippen molar-refractivity contribution in [2.75, 3.05) is 0 Å². The van der Waals surface area contributed by atoms with Crippen molar-refractivity contribution >= 4 is 16.6 Å². The summed E-state index contributed by atoms with van der Waals surface area (Å²) in [6, 6.07) is 15.1. The van der Waals surface area contributed by atoms with E-state index in [0.717, 1.165) is 16.8 Å². The van der Waals surface area contributed by atoms with Gasteiger partial charge < -0.3 is 4.98 Å². The molecule has 3 rings (SSSR count). The first-order valence-corrected chi connectivity index (χ1v) is 6.80. The van der Waals surface area contributed by atoms with E-state index in [1.807, 2.05) is 55.5 Å². The minimum Gasteiger partial charge on any atom is -0.321 e. The fraction of sp³-hybridized carbons (Fsp3) is 0.111. The summed E-state index contributed by atoms with van der Waals surface area (Å²) < 4.78 is 0. The first-order chi connectivity index (χ1) is 10.1. The maximum absolute atomic E-state index is 12.3. The third-order valence-electron chi connectivity index (χ3n) is 3.57. The van der Waals surface area contributed by atoms with Crippen molar-refractivity contribution in [1.82, 2.24) is 4.98 Å². The van der Waals surface area contributed by atoms with Crippen molar-refractivity contribution in [2.45, 2.75) is 13.8 Å². The summed E-state index contributed by atoms with van der Waals surface area (Å²) in [5.74, 6) is -0.0340. The molecule has 0 atom stereocenters. The van der Waals surface area contributed by atoms with E-state index >= 15 is 0 Å². The largest absolute Gasteiger partial charge is 0.321 e. The highest BCUT2D eigenvalue weighted by Gasteiger charge is 2.11. The molecule has 0 saturated carbocycles. The van der Waals surface area contributed by atoms with Gasteiger partial charge in [-0.2, -0.15) is 0 Å². The van der Waals surface area contributed by atoms with Crippen LogP contribution in [0.4, 0.5) is 0 Å². The van der Waals surface area contributed by atoms with Gasteiger partial charge in [-0.3, -0.25) is 9.59 Å². The molecule has 1 N–H and O–H groups in total. The zero-order valence-electron chi connectivity index (χ0n) is 11.9. The molecule has 1 heterocycles. The Labute approximate surface area is 122 Å². The zero-order chi connectivity index (χ0) is 15.0. The lowest BCUT2D eigenvalue weighted by molar-refractivity contribution is 0.101. The molecule has 0 aliphatic heterocycles. The lowest BCUT2D eigenvalue weighted by atomic mass is 9.98. The minimum absolute atomic E-state index is 0.0340. The van der Waals surface area contributed by atoms with Gasteiger partial charge in [0.05, 0.1) is 0 Å². The summed E-state index contributed by atoms with van der Waals surface area (Å²) in [5, 5.41) is 1.26. The zero-order valence-corrected chi connectivity index (χ0v) is 11.9. The number of nitrogens with one attached hydrogen (secondary N) is 1. The average molecular weight is 277 g/mol. The molecule has 104 valence electrons. The first-order valence-electron chi connectivity index (χ1n) is 6.80. The summed E-state index contributed by atoms with van der Waals surface area (Å²) >= 11 is 0. The van der Waals surface area contributed by atoms with Gasteiger partial charge in [-0.15, -0.1) is 0 Å². The van der Waals surface area contributed by atoms with E-state index in [2.05, 4.69) is 4.98 Å². The Morgan fingerprint density at radius 3 is 2.38 bits per heavy atom. The molecule has 0 aliphatic carbocycles. The van der Waals surface area contributed by atoms with Crippen LogP contribution >= 0.6 is 0 Å². The van der Waals surface area contributed by atoms with Crippen molar-refractivity contribution in [1.29, 1.82) is 0 Å². The van der Waals surface area contributed by atoms with E-state index in [9.17, 15) is 9.59 Å². The molecule has 3 heteroatoms. The number of benzene rings is 2. The van der Waals surface area contributed by atoms with E-state index in [-0.39, 0.29) is 11.3 Å². The van der Waals surface area contributed by atoms with Crippen molar-refractivity contribution in [3.05, 3.63) is 70.0 Å². The number of aromatic amines is 1. The Balaban J connectivity index is 2.38. The molecule has 21 heavy (non-hydrogen) atoms. The number of ketones is 1. The molecule has 0 saturated heterocycles. The van der Waals surface area contributed by atoms with E-state index in [0.29, 0.717) is 16.3 Å². The van der Waals surface area contributed by atoms with Gasteiger partial charge in [-0.25, -0.2) is 0 Å². The van der Waals surface area contributed by atoms with Gasteiger partial charge in [0.25, 0.3) is 5.56 Å². The maximum Gasteiger partial charge on any atom is 0.256 e. The van der Waals surface area contributed by atoms with Gasteiger partial charge >= 0.3 is 0 Å². The minimum atomic E-state index is -0.169. The summed E-state index contributed by atoms with van der Waals surface area (Å²) in [7, 11) is 0. The molecular formula is C18H15NO2. The Hall–Kier alpha value is -2.68. The number of rotatable bonds is 2. The number of hydrogen-bond acceptors (Lipinski definition) is 2. The number of Topliss-reactive ketones (excluding diaryl/α,β-unsaturated/α-hetero) is 1. The maximum atomic E-state index is 12.3. The van der Waals surface area contributed by atoms with Crippen LogP contribution in [0, 0.1) is 6.92 Å². The second-order valence-corrected chi connectivity index (χ2v) is 5.21. The highest BCUT2D eigenvalue weighted by Crippen LogP contribution is 2.24. The number of hydrogen-bond donors (Lipinski definition) is 1. The molecular weight excluding hydrogens is 262 g/mol. The number of aryl methyl sites for hydroxylation is 1. The lowest BCUT2D eigenvalue weighted by Crippen LogP contribution is -2.09. The van der Waals surface area contributed by atoms with Crippen LogP contribution in [0.2, 0.25) is 0 Å². The molecule has 3 aromatic rings. The molecule has 0 amide bonds. The van der Waals surface area contributed by atoms with Crippen molar-refractivity contribution in [2.24, 2.45) is 0 Å². The number of aromatic nitrogens is 1.